The molecule has 1 N–H and O–H groups in total. The highest BCUT2D eigenvalue weighted by atomic mass is 32.1. The Morgan fingerprint density at radius 2 is 1.84 bits per heavy atom. The fourth-order valence-electron chi connectivity index (χ4n) is 2.87. The largest absolute Gasteiger partial charge is 0.451 e. The zero-order valence-corrected chi connectivity index (χ0v) is 16.6. The van der Waals surface area contributed by atoms with Gasteiger partial charge in [0.2, 0.25) is 0 Å². The molecular weight excluding hydrogens is 432 g/mol. The van der Waals surface area contributed by atoms with Gasteiger partial charge in [0.15, 0.2) is 10.9 Å². The Kier molecular flexibility index (Phi) is 5.60. The van der Waals surface area contributed by atoms with Crippen LogP contribution in [0.4, 0.5) is 22.7 Å². The summed E-state index contributed by atoms with van der Waals surface area (Å²) in [6, 6.07) is 13.6. The standard InChI is InChI=1S/C22H14F4N2O2S/c23-16-6-4-13(5-7-16)10-17-12-27-21(31-17)28-20(29)19-9-8-18(30-19)14-2-1-3-15(11-14)22(24,25)26/h1-9,11-12H,10H2,(H,27,28,29). The molecule has 0 aliphatic rings. The molecule has 4 rings (SSSR count). The van der Waals surface area contributed by atoms with Gasteiger partial charge in [0, 0.05) is 23.1 Å². The fourth-order valence-corrected chi connectivity index (χ4v) is 3.71. The number of rotatable bonds is 5. The van der Waals surface area contributed by atoms with Crippen molar-refractivity contribution in [1.82, 2.24) is 4.98 Å². The quantitative estimate of drug-likeness (QED) is 0.361. The van der Waals surface area contributed by atoms with Crippen molar-refractivity contribution in [2.24, 2.45) is 0 Å². The molecule has 0 spiro atoms. The minimum atomic E-state index is -4.47. The van der Waals surface area contributed by atoms with Crippen LogP contribution in [0.5, 0.6) is 0 Å². The third kappa shape index (κ3) is 5.00. The molecule has 2 aromatic carbocycles. The van der Waals surface area contributed by atoms with E-state index in [2.05, 4.69) is 10.3 Å². The van der Waals surface area contributed by atoms with E-state index in [0.29, 0.717) is 11.6 Å². The Morgan fingerprint density at radius 3 is 2.58 bits per heavy atom. The summed E-state index contributed by atoms with van der Waals surface area (Å²) in [5.74, 6) is -0.792. The molecule has 9 heteroatoms. The van der Waals surface area contributed by atoms with Gasteiger partial charge in [-0.3, -0.25) is 10.1 Å². The number of furan rings is 1. The molecule has 4 aromatic rings. The maximum atomic E-state index is 13.0. The van der Waals surface area contributed by atoms with E-state index in [1.54, 1.807) is 18.3 Å². The molecular formula is C22H14F4N2O2S. The number of carbonyl (C=O) groups is 1. The van der Waals surface area contributed by atoms with Gasteiger partial charge in [-0.1, -0.05) is 24.3 Å². The van der Waals surface area contributed by atoms with E-state index >= 15 is 0 Å². The Labute approximate surface area is 178 Å². The van der Waals surface area contributed by atoms with E-state index < -0.39 is 17.6 Å². The molecule has 2 aromatic heterocycles. The first-order valence-electron chi connectivity index (χ1n) is 9.06. The smallest absolute Gasteiger partial charge is 0.416 e. The van der Waals surface area contributed by atoms with Crippen molar-refractivity contribution in [1.29, 1.82) is 0 Å². The van der Waals surface area contributed by atoms with Gasteiger partial charge in [-0.05, 0) is 42.0 Å². The second kappa shape index (κ2) is 8.35. The number of amides is 1. The van der Waals surface area contributed by atoms with Crippen LogP contribution < -0.4 is 5.32 Å². The van der Waals surface area contributed by atoms with Crippen LogP contribution in [0.15, 0.2) is 71.3 Å². The second-order valence-corrected chi connectivity index (χ2v) is 7.75. The number of alkyl halides is 3. The highest BCUT2D eigenvalue weighted by molar-refractivity contribution is 7.15. The van der Waals surface area contributed by atoms with Gasteiger partial charge in [0.25, 0.3) is 5.91 Å². The number of benzene rings is 2. The van der Waals surface area contributed by atoms with Crippen LogP contribution in [0, 0.1) is 5.82 Å². The third-order valence-electron chi connectivity index (χ3n) is 4.37. The number of anilines is 1. The van der Waals surface area contributed by atoms with Gasteiger partial charge in [-0.25, -0.2) is 9.37 Å². The zero-order valence-electron chi connectivity index (χ0n) is 15.7. The summed E-state index contributed by atoms with van der Waals surface area (Å²) < 4.78 is 57.1. The van der Waals surface area contributed by atoms with E-state index in [1.807, 2.05) is 0 Å². The number of carbonyl (C=O) groups excluding carboxylic acids is 1. The predicted molar refractivity (Wildman–Crippen MR) is 108 cm³/mol. The van der Waals surface area contributed by atoms with E-state index in [9.17, 15) is 22.4 Å². The maximum absolute atomic E-state index is 13.0. The van der Waals surface area contributed by atoms with Crippen LogP contribution in [-0.4, -0.2) is 10.9 Å². The molecule has 31 heavy (non-hydrogen) atoms. The van der Waals surface area contributed by atoms with Gasteiger partial charge in [-0.2, -0.15) is 13.2 Å². The van der Waals surface area contributed by atoms with Crippen molar-refractivity contribution in [2.45, 2.75) is 12.6 Å². The highest BCUT2D eigenvalue weighted by Gasteiger charge is 2.30. The lowest BCUT2D eigenvalue weighted by molar-refractivity contribution is -0.137. The number of halogens is 4. The minimum absolute atomic E-state index is 0.0531. The fraction of sp³-hybridized carbons (Fsp3) is 0.0909. The van der Waals surface area contributed by atoms with Gasteiger partial charge >= 0.3 is 6.18 Å². The summed E-state index contributed by atoms with van der Waals surface area (Å²) in [7, 11) is 0. The number of hydrogen-bond acceptors (Lipinski definition) is 4. The maximum Gasteiger partial charge on any atom is 0.416 e. The zero-order chi connectivity index (χ0) is 22.0. The molecule has 158 valence electrons. The number of thiazole rings is 1. The Bertz CT molecular complexity index is 1210. The lowest BCUT2D eigenvalue weighted by Gasteiger charge is -2.07. The van der Waals surface area contributed by atoms with Gasteiger partial charge < -0.3 is 4.42 Å². The summed E-state index contributed by atoms with van der Waals surface area (Å²) in [5.41, 5.74) is 0.313. The van der Waals surface area contributed by atoms with E-state index in [4.69, 9.17) is 4.42 Å². The number of nitrogens with one attached hydrogen (secondary N) is 1. The summed E-state index contributed by atoms with van der Waals surface area (Å²) in [4.78, 5) is 17.4. The molecule has 0 aliphatic heterocycles. The molecule has 0 radical (unpaired) electrons. The molecule has 0 fully saturated rings. The van der Waals surface area contributed by atoms with Gasteiger partial charge in [0.1, 0.15) is 11.6 Å². The molecule has 0 bridgehead atoms. The number of hydrogen-bond donors (Lipinski definition) is 1. The normalized spacial score (nSPS) is 11.5. The number of nitrogens with zero attached hydrogens (tertiary/aromatic N) is 1. The third-order valence-corrected chi connectivity index (χ3v) is 5.28. The molecule has 0 aliphatic carbocycles. The van der Waals surface area contributed by atoms with Crippen LogP contribution in [0.2, 0.25) is 0 Å². The van der Waals surface area contributed by atoms with E-state index in [-0.39, 0.29) is 22.9 Å². The van der Waals surface area contributed by atoms with Crippen molar-refractivity contribution in [3.8, 4) is 11.3 Å². The first-order valence-corrected chi connectivity index (χ1v) is 9.87. The second-order valence-electron chi connectivity index (χ2n) is 6.63. The molecule has 0 saturated heterocycles. The van der Waals surface area contributed by atoms with Crippen molar-refractivity contribution < 1.29 is 26.8 Å². The van der Waals surface area contributed by atoms with Crippen LogP contribution in [0.3, 0.4) is 0 Å². The lowest BCUT2D eigenvalue weighted by Crippen LogP contribution is -2.10. The molecule has 0 atom stereocenters. The first-order chi connectivity index (χ1) is 14.8. The highest BCUT2D eigenvalue weighted by Crippen LogP contribution is 2.33. The SMILES string of the molecule is O=C(Nc1ncc(Cc2ccc(F)cc2)s1)c1ccc(-c2cccc(C(F)(F)F)c2)o1. The summed E-state index contributed by atoms with van der Waals surface area (Å²) in [6.45, 7) is 0. The Balaban J connectivity index is 1.44. The number of aromatic nitrogens is 1. The van der Waals surface area contributed by atoms with E-state index in [0.717, 1.165) is 22.6 Å². The van der Waals surface area contributed by atoms with Crippen molar-refractivity contribution in [2.75, 3.05) is 5.32 Å². The summed E-state index contributed by atoms with van der Waals surface area (Å²) in [5, 5.41) is 2.96. The van der Waals surface area contributed by atoms with Crippen LogP contribution in [0.25, 0.3) is 11.3 Å². The first kappa shape index (κ1) is 20.8. The van der Waals surface area contributed by atoms with Gasteiger partial charge in [-0.15, -0.1) is 11.3 Å². The van der Waals surface area contributed by atoms with E-state index in [1.165, 1.54) is 47.7 Å². The monoisotopic (exact) mass is 446 g/mol. The minimum Gasteiger partial charge on any atom is -0.451 e. The Morgan fingerprint density at radius 1 is 1.06 bits per heavy atom. The molecule has 4 nitrogen and oxygen atoms in total. The molecule has 0 unspecified atom stereocenters. The Hall–Kier alpha value is -3.46. The lowest BCUT2D eigenvalue weighted by atomic mass is 10.1. The molecule has 0 saturated carbocycles. The topological polar surface area (TPSA) is 55.1 Å². The van der Waals surface area contributed by atoms with Crippen molar-refractivity contribution >= 4 is 22.4 Å². The van der Waals surface area contributed by atoms with Crippen molar-refractivity contribution in [3.05, 3.63) is 94.4 Å². The summed E-state index contributed by atoms with van der Waals surface area (Å²) >= 11 is 1.26. The predicted octanol–water partition coefficient (Wildman–Crippen LogP) is 6.40. The van der Waals surface area contributed by atoms with Crippen molar-refractivity contribution in [3.63, 3.8) is 0 Å². The molecule has 2 heterocycles. The van der Waals surface area contributed by atoms with Crippen LogP contribution >= 0.6 is 11.3 Å². The average Bonchev–Trinajstić information content (AvgIpc) is 3.39. The van der Waals surface area contributed by atoms with Crippen LogP contribution in [-0.2, 0) is 12.6 Å². The average molecular weight is 446 g/mol. The molecule has 1 amide bonds. The van der Waals surface area contributed by atoms with Crippen LogP contribution in [0.1, 0.15) is 26.6 Å². The summed E-state index contributed by atoms with van der Waals surface area (Å²) in [6.07, 6.45) is -2.33. The van der Waals surface area contributed by atoms with Gasteiger partial charge in [0.05, 0.1) is 5.56 Å².